The average molecular weight is 331 g/mol. The zero-order valence-corrected chi connectivity index (χ0v) is 13.2. The van der Waals surface area contributed by atoms with Crippen LogP contribution in [0.5, 0.6) is 5.88 Å². The van der Waals surface area contributed by atoms with Crippen molar-refractivity contribution in [3.05, 3.63) is 60.0 Å². The summed E-state index contributed by atoms with van der Waals surface area (Å²) in [5.74, 6) is 0.336. The summed E-state index contributed by atoms with van der Waals surface area (Å²) in [6.07, 6.45) is 4.64. The Kier molecular flexibility index (Phi) is 3.71. The van der Waals surface area contributed by atoms with Crippen LogP contribution in [0.15, 0.2) is 48.9 Å². The Labute approximate surface area is 143 Å². The predicted molar refractivity (Wildman–Crippen MR) is 88.8 cm³/mol. The van der Waals surface area contributed by atoms with Crippen LogP contribution in [0, 0.1) is 11.3 Å². The van der Waals surface area contributed by atoms with E-state index in [9.17, 15) is 4.79 Å². The molecule has 0 aliphatic carbocycles. The third-order valence-corrected chi connectivity index (χ3v) is 4.00. The van der Waals surface area contributed by atoms with E-state index in [4.69, 9.17) is 10.00 Å². The fraction of sp³-hybridized carbons (Fsp3) is 0.167. The van der Waals surface area contributed by atoms with Gasteiger partial charge in [0, 0.05) is 30.2 Å². The monoisotopic (exact) mass is 331 g/mol. The number of pyridine rings is 1. The highest BCUT2D eigenvalue weighted by Gasteiger charge is 2.33. The van der Waals surface area contributed by atoms with E-state index in [1.54, 1.807) is 47.6 Å². The first-order chi connectivity index (χ1) is 12.2. The number of benzene rings is 1. The van der Waals surface area contributed by atoms with Crippen LogP contribution in [0.4, 0.5) is 0 Å². The molecule has 1 aliphatic heterocycles. The highest BCUT2D eigenvalue weighted by molar-refractivity contribution is 5.97. The van der Waals surface area contributed by atoms with Crippen LogP contribution in [0.3, 0.4) is 0 Å². The van der Waals surface area contributed by atoms with Crippen LogP contribution in [0.25, 0.3) is 11.0 Å². The maximum atomic E-state index is 12.5. The van der Waals surface area contributed by atoms with Gasteiger partial charge in [0.05, 0.1) is 35.8 Å². The van der Waals surface area contributed by atoms with Crippen molar-refractivity contribution < 1.29 is 9.53 Å². The second-order valence-corrected chi connectivity index (χ2v) is 5.70. The van der Waals surface area contributed by atoms with Crippen molar-refractivity contribution in [2.75, 3.05) is 13.1 Å². The Morgan fingerprint density at radius 2 is 1.88 bits per heavy atom. The third-order valence-electron chi connectivity index (χ3n) is 4.00. The van der Waals surface area contributed by atoms with Crippen LogP contribution >= 0.6 is 0 Å². The second-order valence-electron chi connectivity index (χ2n) is 5.70. The largest absolute Gasteiger partial charge is 0.471 e. The Morgan fingerprint density at radius 1 is 1.08 bits per heavy atom. The first kappa shape index (κ1) is 15.0. The molecule has 1 aromatic carbocycles. The van der Waals surface area contributed by atoms with E-state index < -0.39 is 0 Å². The van der Waals surface area contributed by atoms with E-state index >= 15 is 0 Å². The molecule has 4 rings (SSSR count). The second kappa shape index (κ2) is 6.17. The molecule has 2 aromatic heterocycles. The number of hydrogen-bond donors (Lipinski definition) is 0. The van der Waals surface area contributed by atoms with Gasteiger partial charge in [0.1, 0.15) is 6.10 Å². The zero-order chi connectivity index (χ0) is 17.2. The van der Waals surface area contributed by atoms with Crippen molar-refractivity contribution in [2.45, 2.75) is 6.10 Å². The van der Waals surface area contributed by atoms with Crippen molar-refractivity contribution in [2.24, 2.45) is 0 Å². The molecule has 1 amide bonds. The Hall–Kier alpha value is -3.53. The molecule has 0 N–H and O–H groups in total. The lowest BCUT2D eigenvalue weighted by Crippen LogP contribution is -2.56. The molecule has 7 nitrogen and oxygen atoms in total. The number of aromatic nitrogens is 3. The summed E-state index contributed by atoms with van der Waals surface area (Å²) >= 11 is 0. The molecular formula is C18H13N5O2. The van der Waals surface area contributed by atoms with Gasteiger partial charge in [0.15, 0.2) is 0 Å². The molecule has 3 heterocycles. The smallest absolute Gasteiger partial charge is 0.254 e. The van der Waals surface area contributed by atoms with Crippen LogP contribution in [0.2, 0.25) is 0 Å². The van der Waals surface area contributed by atoms with Gasteiger partial charge in [0.25, 0.3) is 5.91 Å². The van der Waals surface area contributed by atoms with Gasteiger partial charge in [-0.25, -0.2) is 4.98 Å². The summed E-state index contributed by atoms with van der Waals surface area (Å²) in [5.41, 5.74) is 2.53. The standard InChI is InChI=1S/C18H13N5O2/c19-9-12-3-4-22-17(7-12)25-14-10-23(11-14)18(24)13-1-2-15-16(8-13)21-6-5-20-15/h1-8,14H,10-11H2. The minimum atomic E-state index is -0.120. The predicted octanol–water partition coefficient (Wildman–Crippen LogP) is 1.80. The molecule has 0 spiro atoms. The fourth-order valence-electron chi connectivity index (χ4n) is 2.67. The molecule has 3 aromatic rings. The molecule has 7 heteroatoms. The number of nitriles is 1. The van der Waals surface area contributed by atoms with Crippen molar-refractivity contribution in [1.82, 2.24) is 19.9 Å². The summed E-state index contributed by atoms with van der Waals surface area (Å²) in [6, 6.07) is 10.5. The van der Waals surface area contributed by atoms with Gasteiger partial charge >= 0.3 is 0 Å². The van der Waals surface area contributed by atoms with E-state index in [2.05, 4.69) is 15.0 Å². The molecule has 0 bridgehead atoms. The zero-order valence-electron chi connectivity index (χ0n) is 13.2. The van der Waals surface area contributed by atoms with Gasteiger partial charge in [0.2, 0.25) is 5.88 Å². The van der Waals surface area contributed by atoms with Gasteiger partial charge in [-0.15, -0.1) is 0 Å². The van der Waals surface area contributed by atoms with Crippen LogP contribution in [-0.4, -0.2) is 45.0 Å². The van der Waals surface area contributed by atoms with E-state index in [-0.39, 0.29) is 12.0 Å². The molecule has 1 aliphatic rings. The lowest BCUT2D eigenvalue weighted by atomic mass is 10.1. The number of fused-ring (bicyclic) bond motifs is 1. The number of likely N-dealkylation sites (tertiary alicyclic amines) is 1. The fourth-order valence-corrected chi connectivity index (χ4v) is 2.67. The third kappa shape index (κ3) is 2.97. The SMILES string of the molecule is N#Cc1ccnc(OC2CN(C(=O)c3ccc4nccnc4c3)C2)c1. The summed E-state index contributed by atoms with van der Waals surface area (Å²) in [4.78, 5) is 26.7. The summed E-state index contributed by atoms with van der Waals surface area (Å²) in [7, 11) is 0. The Balaban J connectivity index is 1.41. The van der Waals surface area contributed by atoms with E-state index in [1.807, 2.05) is 6.07 Å². The van der Waals surface area contributed by atoms with Crippen LogP contribution in [-0.2, 0) is 0 Å². The summed E-state index contributed by atoms with van der Waals surface area (Å²) in [5, 5.41) is 8.89. The van der Waals surface area contributed by atoms with Crippen LogP contribution in [0.1, 0.15) is 15.9 Å². The maximum Gasteiger partial charge on any atom is 0.254 e. The quantitative estimate of drug-likeness (QED) is 0.726. The topological polar surface area (TPSA) is 92.0 Å². The molecule has 0 saturated carbocycles. The maximum absolute atomic E-state index is 12.5. The highest BCUT2D eigenvalue weighted by Crippen LogP contribution is 2.20. The molecular weight excluding hydrogens is 318 g/mol. The van der Waals surface area contributed by atoms with Crippen LogP contribution < -0.4 is 4.74 Å². The molecule has 0 atom stereocenters. The molecule has 25 heavy (non-hydrogen) atoms. The summed E-state index contributed by atoms with van der Waals surface area (Å²) < 4.78 is 5.70. The minimum Gasteiger partial charge on any atom is -0.471 e. The minimum absolute atomic E-state index is 0.0638. The van der Waals surface area contributed by atoms with Crippen molar-refractivity contribution in [1.29, 1.82) is 5.26 Å². The molecule has 1 saturated heterocycles. The van der Waals surface area contributed by atoms with Gasteiger partial charge in [-0.3, -0.25) is 14.8 Å². The normalized spacial score (nSPS) is 14.0. The molecule has 122 valence electrons. The van der Waals surface area contributed by atoms with Gasteiger partial charge in [-0.1, -0.05) is 0 Å². The van der Waals surface area contributed by atoms with Gasteiger partial charge < -0.3 is 9.64 Å². The highest BCUT2D eigenvalue weighted by atomic mass is 16.5. The van der Waals surface area contributed by atoms with Gasteiger partial charge in [-0.2, -0.15) is 5.26 Å². The number of carbonyl (C=O) groups excluding carboxylic acids is 1. The number of amides is 1. The number of carbonyl (C=O) groups is 1. The number of ether oxygens (including phenoxy) is 1. The molecule has 0 unspecified atom stereocenters. The lowest BCUT2D eigenvalue weighted by Gasteiger charge is -2.38. The van der Waals surface area contributed by atoms with E-state index in [1.165, 1.54) is 6.20 Å². The molecule has 0 radical (unpaired) electrons. The number of hydrogen-bond acceptors (Lipinski definition) is 6. The van der Waals surface area contributed by atoms with E-state index in [0.717, 1.165) is 5.52 Å². The summed E-state index contributed by atoms with van der Waals surface area (Å²) in [6.45, 7) is 0.964. The van der Waals surface area contributed by atoms with Crippen molar-refractivity contribution >= 4 is 16.9 Å². The number of rotatable bonds is 3. The van der Waals surface area contributed by atoms with Crippen molar-refractivity contribution in [3.63, 3.8) is 0 Å². The number of nitrogens with zero attached hydrogens (tertiary/aromatic N) is 5. The van der Waals surface area contributed by atoms with Gasteiger partial charge in [-0.05, 0) is 24.3 Å². The first-order valence-electron chi connectivity index (χ1n) is 7.76. The molecule has 1 fully saturated rings. The first-order valence-corrected chi connectivity index (χ1v) is 7.76. The van der Waals surface area contributed by atoms with E-state index in [0.29, 0.717) is 35.6 Å². The van der Waals surface area contributed by atoms with Crippen molar-refractivity contribution in [3.8, 4) is 11.9 Å². The lowest BCUT2D eigenvalue weighted by molar-refractivity contribution is 0.0160. The Bertz CT molecular complexity index is 992. The average Bonchev–Trinajstić information content (AvgIpc) is 2.63. The Morgan fingerprint density at radius 3 is 2.68 bits per heavy atom.